The number of esters is 1. The summed E-state index contributed by atoms with van der Waals surface area (Å²) < 4.78 is 28.7. The highest BCUT2D eigenvalue weighted by molar-refractivity contribution is 7.70. The SMILES string of the molecule is CCCCC/C=C\C/C=C\CCCCCCCC(=O)Oc1ccc(C(CC)C(CC)c2ccc(O)c(NC(=O)CCC(P(=O)(O)O)P(=O)(O)O)c2)cc1. The molecular formula is C40H61NO10P2. The number of carbonyl (C=O) groups is 2. The molecule has 0 aliphatic carbocycles. The highest BCUT2D eigenvalue weighted by atomic mass is 31.2. The molecule has 0 heterocycles. The van der Waals surface area contributed by atoms with E-state index in [2.05, 4.69) is 43.5 Å². The molecule has 2 aromatic carbocycles. The number of nitrogens with one attached hydrogen (secondary N) is 1. The van der Waals surface area contributed by atoms with Crippen LogP contribution in [0.5, 0.6) is 11.5 Å². The Kier molecular flexibility index (Phi) is 21.2. The summed E-state index contributed by atoms with van der Waals surface area (Å²) in [6.07, 6.45) is 21.9. The molecule has 296 valence electrons. The van der Waals surface area contributed by atoms with Crippen LogP contribution in [0.1, 0.15) is 146 Å². The second kappa shape index (κ2) is 24.4. The average Bonchev–Trinajstić information content (AvgIpc) is 3.09. The Labute approximate surface area is 315 Å². The van der Waals surface area contributed by atoms with Crippen molar-refractivity contribution in [3.05, 3.63) is 77.9 Å². The first-order chi connectivity index (χ1) is 25.2. The van der Waals surface area contributed by atoms with Gasteiger partial charge in [0.1, 0.15) is 11.5 Å². The standard InChI is InChI=1S/C40H61NO10P2/c1-4-7-8-9-10-11-12-13-14-15-16-17-18-19-20-21-39(44)51-33-25-22-31(23-26-33)34(5-2)35(6-3)32-24-27-37(42)36(30-32)41-38(43)28-29-40(52(45,46)47)53(48,49)50/h10-11,13-14,22-27,30,34-35,40,42H,4-9,12,15-21,28-29H2,1-3H3,(H,41,43)(H2,45,46,47)(H2,48,49,50)/b11-10-,14-13-. The number of rotatable bonds is 26. The lowest BCUT2D eigenvalue weighted by Gasteiger charge is -2.27. The quantitative estimate of drug-likeness (QED) is 0.0134. The molecule has 0 radical (unpaired) electrons. The van der Waals surface area contributed by atoms with Crippen molar-refractivity contribution in [2.24, 2.45) is 0 Å². The largest absolute Gasteiger partial charge is 0.506 e. The second-order valence-corrected chi connectivity index (χ2v) is 17.6. The molecule has 1 amide bonds. The van der Waals surface area contributed by atoms with Gasteiger partial charge in [0.05, 0.1) is 5.69 Å². The van der Waals surface area contributed by atoms with Gasteiger partial charge in [0.2, 0.25) is 5.91 Å². The second-order valence-electron chi connectivity index (χ2n) is 13.6. The highest BCUT2D eigenvalue weighted by Gasteiger charge is 2.43. The first kappa shape index (κ1) is 46.1. The Bertz CT molecular complexity index is 1520. The van der Waals surface area contributed by atoms with Gasteiger partial charge in [-0.05, 0) is 105 Å². The Balaban J connectivity index is 1.85. The maximum Gasteiger partial charge on any atom is 0.340 e. The van der Waals surface area contributed by atoms with Crippen molar-refractivity contribution in [2.45, 2.75) is 141 Å². The Morgan fingerprint density at radius 1 is 0.717 bits per heavy atom. The third-order valence-corrected chi connectivity index (χ3v) is 13.2. The van der Waals surface area contributed by atoms with Crippen molar-refractivity contribution in [2.75, 3.05) is 5.32 Å². The van der Waals surface area contributed by atoms with E-state index in [9.17, 15) is 43.4 Å². The zero-order chi connectivity index (χ0) is 39.3. The van der Waals surface area contributed by atoms with Crippen molar-refractivity contribution in [3.8, 4) is 11.5 Å². The van der Waals surface area contributed by atoms with Crippen LogP contribution in [0.2, 0.25) is 0 Å². The maximum absolute atomic E-state index is 12.6. The highest BCUT2D eigenvalue weighted by Crippen LogP contribution is 2.61. The molecule has 2 rings (SSSR count). The molecule has 11 nitrogen and oxygen atoms in total. The number of aromatic hydroxyl groups is 1. The van der Waals surface area contributed by atoms with Gasteiger partial charge in [-0.1, -0.05) is 95.4 Å². The van der Waals surface area contributed by atoms with Gasteiger partial charge in [0.15, 0.2) is 5.40 Å². The number of phenols is 1. The summed E-state index contributed by atoms with van der Waals surface area (Å²) in [4.78, 5) is 62.4. The number of anilines is 1. The number of phenolic OH excluding ortho intramolecular Hbond substituents is 1. The minimum absolute atomic E-state index is 0.0170. The summed E-state index contributed by atoms with van der Waals surface area (Å²) >= 11 is 0. The fourth-order valence-electron chi connectivity index (χ4n) is 6.44. The van der Waals surface area contributed by atoms with E-state index in [0.29, 0.717) is 12.2 Å². The van der Waals surface area contributed by atoms with E-state index in [1.54, 1.807) is 24.3 Å². The van der Waals surface area contributed by atoms with Gasteiger partial charge in [-0.2, -0.15) is 0 Å². The molecular weight excluding hydrogens is 716 g/mol. The average molecular weight is 778 g/mol. The molecule has 0 aliphatic rings. The van der Waals surface area contributed by atoms with Crippen LogP contribution in [0.15, 0.2) is 66.8 Å². The summed E-state index contributed by atoms with van der Waals surface area (Å²) in [6.45, 7) is 6.32. The normalized spacial score (nSPS) is 13.5. The third kappa shape index (κ3) is 17.8. The number of carbonyl (C=O) groups excluding carboxylic acids is 2. The lowest BCUT2D eigenvalue weighted by atomic mass is 9.78. The first-order valence-electron chi connectivity index (χ1n) is 19.0. The van der Waals surface area contributed by atoms with Gasteiger partial charge in [-0.25, -0.2) is 0 Å². The number of allylic oxidation sites excluding steroid dienone is 4. The number of hydrogen-bond acceptors (Lipinski definition) is 6. The molecule has 2 aromatic rings. The van der Waals surface area contributed by atoms with Crippen molar-refractivity contribution in [3.63, 3.8) is 0 Å². The fraction of sp³-hybridized carbons (Fsp3) is 0.550. The van der Waals surface area contributed by atoms with E-state index in [0.717, 1.165) is 68.9 Å². The predicted molar refractivity (Wildman–Crippen MR) is 211 cm³/mol. The van der Waals surface area contributed by atoms with Crippen molar-refractivity contribution in [1.29, 1.82) is 0 Å². The molecule has 53 heavy (non-hydrogen) atoms. The van der Waals surface area contributed by atoms with Gasteiger partial charge in [0, 0.05) is 12.8 Å². The smallest absolute Gasteiger partial charge is 0.340 e. The van der Waals surface area contributed by atoms with Gasteiger partial charge in [-0.15, -0.1) is 0 Å². The van der Waals surface area contributed by atoms with Crippen LogP contribution in [-0.2, 0) is 18.7 Å². The Morgan fingerprint density at radius 2 is 1.26 bits per heavy atom. The summed E-state index contributed by atoms with van der Waals surface area (Å²) in [5, 5.41) is 10.7. The Hall–Kier alpha value is -3.04. The van der Waals surface area contributed by atoms with Crippen LogP contribution in [0, 0.1) is 0 Å². The van der Waals surface area contributed by atoms with Gasteiger partial charge in [0.25, 0.3) is 0 Å². The van der Waals surface area contributed by atoms with E-state index in [4.69, 9.17) is 4.74 Å². The molecule has 0 aromatic heterocycles. The molecule has 2 atom stereocenters. The number of unbranched alkanes of at least 4 members (excludes halogenated alkanes) is 8. The molecule has 0 saturated carbocycles. The lowest BCUT2D eigenvalue weighted by Crippen LogP contribution is -2.17. The van der Waals surface area contributed by atoms with Crippen molar-refractivity contribution >= 4 is 32.8 Å². The lowest BCUT2D eigenvalue weighted by molar-refractivity contribution is -0.134. The van der Waals surface area contributed by atoms with Crippen LogP contribution in [-0.4, -0.2) is 42.0 Å². The summed E-state index contributed by atoms with van der Waals surface area (Å²) in [5.74, 6) is -0.713. The number of hydrogen-bond donors (Lipinski definition) is 6. The van der Waals surface area contributed by atoms with Gasteiger partial charge >= 0.3 is 21.2 Å². The molecule has 0 fully saturated rings. The molecule has 0 bridgehead atoms. The van der Waals surface area contributed by atoms with E-state index in [-0.39, 0.29) is 29.2 Å². The first-order valence-corrected chi connectivity index (χ1v) is 22.4. The molecule has 0 spiro atoms. The molecule has 13 heteroatoms. The van der Waals surface area contributed by atoms with E-state index in [1.807, 2.05) is 19.1 Å². The minimum atomic E-state index is -5.16. The topological polar surface area (TPSA) is 191 Å². The number of ether oxygens (including phenoxy) is 1. The van der Waals surface area contributed by atoms with Crippen LogP contribution >= 0.6 is 15.2 Å². The van der Waals surface area contributed by atoms with Crippen molar-refractivity contribution in [1.82, 2.24) is 0 Å². The van der Waals surface area contributed by atoms with Crippen molar-refractivity contribution < 1.29 is 48.1 Å². The third-order valence-electron chi connectivity index (χ3n) is 9.37. The van der Waals surface area contributed by atoms with Crippen LogP contribution < -0.4 is 10.1 Å². The fourth-order valence-corrected chi connectivity index (χ4v) is 8.94. The van der Waals surface area contributed by atoms with E-state index >= 15 is 0 Å². The number of amides is 1. The summed E-state index contributed by atoms with van der Waals surface area (Å²) in [5.41, 5.74) is 1.95. The molecule has 0 saturated heterocycles. The van der Waals surface area contributed by atoms with Crippen LogP contribution in [0.3, 0.4) is 0 Å². The zero-order valence-electron chi connectivity index (χ0n) is 31.6. The Morgan fingerprint density at radius 3 is 1.85 bits per heavy atom. The van der Waals surface area contributed by atoms with Crippen LogP contribution in [0.25, 0.3) is 0 Å². The maximum atomic E-state index is 12.6. The molecule has 2 unspecified atom stereocenters. The summed E-state index contributed by atoms with van der Waals surface area (Å²) in [7, 11) is -10.3. The van der Waals surface area contributed by atoms with Gasteiger partial charge in [-0.3, -0.25) is 18.7 Å². The van der Waals surface area contributed by atoms with Gasteiger partial charge < -0.3 is 34.7 Å². The number of benzene rings is 2. The van der Waals surface area contributed by atoms with Crippen LogP contribution in [0.4, 0.5) is 5.69 Å². The minimum Gasteiger partial charge on any atom is -0.506 e. The predicted octanol–water partition coefficient (Wildman–Crippen LogP) is 10.2. The van der Waals surface area contributed by atoms with E-state index < -0.39 is 39.3 Å². The summed E-state index contributed by atoms with van der Waals surface area (Å²) in [6, 6.07) is 12.3. The molecule has 6 N–H and O–H groups in total. The zero-order valence-corrected chi connectivity index (χ0v) is 33.4. The van der Waals surface area contributed by atoms with E-state index in [1.165, 1.54) is 31.7 Å². The molecule has 0 aliphatic heterocycles. The monoisotopic (exact) mass is 777 g/mol.